The molecule has 2 aromatic heterocycles. The van der Waals surface area contributed by atoms with Crippen molar-refractivity contribution in [3.63, 3.8) is 0 Å². The number of nitrogens with zero attached hydrogens (tertiary/aromatic N) is 6. The molecule has 1 saturated heterocycles. The topological polar surface area (TPSA) is 61.0 Å². The fourth-order valence-electron chi connectivity index (χ4n) is 3.74. The number of hydrogen-bond acceptors (Lipinski definition) is 5. The second-order valence-corrected chi connectivity index (χ2v) is 6.91. The van der Waals surface area contributed by atoms with E-state index in [1.807, 2.05) is 24.1 Å². The Morgan fingerprint density at radius 1 is 1.19 bits per heavy atom. The molecule has 0 aliphatic carbocycles. The van der Waals surface area contributed by atoms with Gasteiger partial charge in [-0.05, 0) is 24.6 Å². The summed E-state index contributed by atoms with van der Waals surface area (Å²) in [6.07, 6.45) is 3.98. The molecule has 1 aromatic carbocycles. The molecule has 7 nitrogen and oxygen atoms in total. The van der Waals surface area contributed by atoms with Crippen molar-refractivity contribution in [1.82, 2.24) is 29.7 Å². The van der Waals surface area contributed by atoms with Crippen molar-refractivity contribution in [1.29, 1.82) is 0 Å². The summed E-state index contributed by atoms with van der Waals surface area (Å²) in [7, 11) is 3.67. The van der Waals surface area contributed by atoms with Gasteiger partial charge in [-0.1, -0.05) is 23.4 Å². The molecule has 0 spiro atoms. The molecule has 0 unspecified atom stereocenters. The average molecular weight is 352 g/mol. The van der Waals surface area contributed by atoms with Gasteiger partial charge < -0.3 is 4.74 Å². The number of benzene rings is 1. The molecule has 0 saturated carbocycles. The van der Waals surface area contributed by atoms with Crippen molar-refractivity contribution in [3.8, 4) is 5.69 Å². The molecule has 1 fully saturated rings. The molecule has 0 amide bonds. The number of likely N-dealkylation sites (tertiary alicyclic amines) is 1. The zero-order chi connectivity index (χ0) is 18.1. The van der Waals surface area contributed by atoms with Gasteiger partial charge in [0.05, 0.1) is 23.2 Å². The van der Waals surface area contributed by atoms with Crippen LogP contribution in [0.25, 0.3) is 5.69 Å². The molecule has 0 bridgehead atoms. The number of rotatable bonds is 5. The van der Waals surface area contributed by atoms with Crippen LogP contribution in [0.1, 0.15) is 22.9 Å². The minimum Gasteiger partial charge on any atom is -0.379 e. The Morgan fingerprint density at radius 3 is 2.77 bits per heavy atom. The molecular formula is C19H24N6O. The van der Waals surface area contributed by atoms with Crippen LogP contribution in [0, 0.1) is 6.92 Å². The van der Waals surface area contributed by atoms with Crippen LogP contribution in [-0.2, 0) is 18.3 Å². The van der Waals surface area contributed by atoms with Crippen LogP contribution in [0.3, 0.4) is 0 Å². The summed E-state index contributed by atoms with van der Waals surface area (Å²) in [5.41, 5.74) is 4.51. The normalized spacial score (nSPS) is 20.7. The van der Waals surface area contributed by atoms with Crippen LogP contribution in [-0.4, -0.2) is 56.0 Å². The van der Waals surface area contributed by atoms with Gasteiger partial charge in [0.2, 0.25) is 0 Å². The lowest BCUT2D eigenvalue weighted by atomic mass is 10.0. The number of methoxy groups -OCH3 is 1. The number of hydrogen-bond donors (Lipinski definition) is 0. The van der Waals surface area contributed by atoms with E-state index in [1.54, 1.807) is 11.8 Å². The van der Waals surface area contributed by atoms with Crippen LogP contribution >= 0.6 is 0 Å². The van der Waals surface area contributed by atoms with E-state index in [4.69, 9.17) is 4.74 Å². The predicted molar refractivity (Wildman–Crippen MR) is 98.1 cm³/mol. The Morgan fingerprint density at radius 2 is 2.04 bits per heavy atom. The standard InChI is InChI=1S/C19H24N6O/c1-14-6-4-5-7-18(14)25-15(8-9-20-25)10-24-11-16(19(13-24)26-3)17-12-23(2)22-21-17/h4-9,12,16,19H,10-11,13H2,1-3H3/t16-,19+/m0/s1. The van der Waals surface area contributed by atoms with Gasteiger partial charge in [0, 0.05) is 52.1 Å². The molecule has 136 valence electrons. The van der Waals surface area contributed by atoms with E-state index in [1.165, 1.54) is 11.3 Å². The Labute approximate surface area is 153 Å². The van der Waals surface area contributed by atoms with Crippen molar-refractivity contribution >= 4 is 0 Å². The van der Waals surface area contributed by atoms with Crippen molar-refractivity contribution in [2.24, 2.45) is 7.05 Å². The number of ether oxygens (including phenoxy) is 1. The maximum absolute atomic E-state index is 5.73. The van der Waals surface area contributed by atoms with Gasteiger partial charge in [0.15, 0.2) is 0 Å². The molecule has 4 rings (SSSR count). The van der Waals surface area contributed by atoms with Gasteiger partial charge in [0.25, 0.3) is 0 Å². The highest BCUT2D eigenvalue weighted by atomic mass is 16.5. The number of para-hydroxylation sites is 1. The minimum absolute atomic E-state index is 0.126. The first kappa shape index (κ1) is 16.9. The van der Waals surface area contributed by atoms with Crippen LogP contribution in [0.2, 0.25) is 0 Å². The second-order valence-electron chi connectivity index (χ2n) is 6.91. The smallest absolute Gasteiger partial charge is 0.0897 e. The molecule has 3 heterocycles. The average Bonchev–Trinajstić information content (AvgIpc) is 3.35. The molecule has 26 heavy (non-hydrogen) atoms. The minimum atomic E-state index is 0.126. The summed E-state index contributed by atoms with van der Waals surface area (Å²) in [6.45, 7) is 4.71. The van der Waals surface area contributed by atoms with Gasteiger partial charge in [0.1, 0.15) is 0 Å². The zero-order valence-corrected chi connectivity index (χ0v) is 15.4. The Balaban J connectivity index is 1.54. The summed E-state index contributed by atoms with van der Waals surface area (Å²) in [5, 5.41) is 12.9. The van der Waals surface area contributed by atoms with Gasteiger partial charge in [-0.15, -0.1) is 5.10 Å². The summed E-state index contributed by atoms with van der Waals surface area (Å²) >= 11 is 0. The molecule has 1 aliphatic rings. The first-order valence-corrected chi connectivity index (χ1v) is 8.86. The van der Waals surface area contributed by atoms with E-state index >= 15 is 0 Å². The maximum atomic E-state index is 5.73. The van der Waals surface area contributed by atoms with Crippen molar-refractivity contribution in [2.45, 2.75) is 25.5 Å². The zero-order valence-electron chi connectivity index (χ0n) is 15.4. The lowest BCUT2D eigenvalue weighted by molar-refractivity contribution is 0.0955. The van der Waals surface area contributed by atoms with Gasteiger partial charge >= 0.3 is 0 Å². The van der Waals surface area contributed by atoms with Crippen LogP contribution in [0.15, 0.2) is 42.7 Å². The van der Waals surface area contributed by atoms with Gasteiger partial charge in [-0.2, -0.15) is 5.10 Å². The van der Waals surface area contributed by atoms with Gasteiger partial charge in [-0.25, -0.2) is 4.68 Å². The van der Waals surface area contributed by atoms with Crippen molar-refractivity contribution < 1.29 is 4.74 Å². The largest absolute Gasteiger partial charge is 0.379 e. The highest BCUT2D eigenvalue weighted by Crippen LogP contribution is 2.29. The van der Waals surface area contributed by atoms with Crippen molar-refractivity contribution in [3.05, 3.63) is 59.7 Å². The third kappa shape index (κ3) is 3.15. The Bertz CT molecular complexity index is 886. The molecule has 0 radical (unpaired) electrons. The van der Waals surface area contributed by atoms with E-state index < -0.39 is 0 Å². The second kappa shape index (κ2) is 7.01. The lowest BCUT2D eigenvalue weighted by Gasteiger charge is -2.17. The van der Waals surface area contributed by atoms with E-state index in [2.05, 4.69) is 57.6 Å². The van der Waals surface area contributed by atoms with E-state index in [-0.39, 0.29) is 12.0 Å². The van der Waals surface area contributed by atoms with E-state index in [0.29, 0.717) is 0 Å². The highest BCUT2D eigenvalue weighted by molar-refractivity contribution is 5.40. The fraction of sp³-hybridized carbons (Fsp3) is 0.421. The van der Waals surface area contributed by atoms with E-state index in [9.17, 15) is 0 Å². The Hall–Kier alpha value is -2.51. The Kier molecular flexibility index (Phi) is 4.57. The molecule has 7 heteroatoms. The van der Waals surface area contributed by atoms with Gasteiger partial charge in [-0.3, -0.25) is 9.58 Å². The third-order valence-electron chi connectivity index (χ3n) is 5.10. The first-order chi connectivity index (χ1) is 12.7. The molecule has 2 atom stereocenters. The van der Waals surface area contributed by atoms with Crippen LogP contribution in [0.5, 0.6) is 0 Å². The molecule has 3 aromatic rings. The fourth-order valence-corrected chi connectivity index (χ4v) is 3.74. The first-order valence-electron chi connectivity index (χ1n) is 8.86. The van der Waals surface area contributed by atoms with Crippen molar-refractivity contribution in [2.75, 3.05) is 20.2 Å². The number of aromatic nitrogens is 5. The highest BCUT2D eigenvalue weighted by Gasteiger charge is 2.36. The predicted octanol–water partition coefficient (Wildman–Crippen LogP) is 1.92. The monoisotopic (exact) mass is 352 g/mol. The third-order valence-corrected chi connectivity index (χ3v) is 5.10. The van der Waals surface area contributed by atoms with Crippen LogP contribution in [0.4, 0.5) is 0 Å². The SMILES string of the molecule is CO[C@@H]1CN(Cc2ccnn2-c2ccccc2C)C[C@H]1c1cn(C)nn1. The van der Waals surface area contributed by atoms with E-state index in [0.717, 1.165) is 31.0 Å². The number of aryl methyl sites for hydroxylation is 2. The lowest BCUT2D eigenvalue weighted by Crippen LogP contribution is -2.24. The summed E-state index contributed by atoms with van der Waals surface area (Å²) in [6, 6.07) is 10.4. The summed E-state index contributed by atoms with van der Waals surface area (Å²) in [4.78, 5) is 2.40. The molecular weight excluding hydrogens is 328 g/mol. The maximum Gasteiger partial charge on any atom is 0.0897 e. The summed E-state index contributed by atoms with van der Waals surface area (Å²) in [5.74, 6) is 0.239. The summed E-state index contributed by atoms with van der Waals surface area (Å²) < 4.78 is 9.51. The molecule has 1 aliphatic heterocycles. The quantitative estimate of drug-likeness (QED) is 0.702. The van der Waals surface area contributed by atoms with Crippen LogP contribution < -0.4 is 0 Å². The molecule has 0 N–H and O–H groups in total.